The summed E-state index contributed by atoms with van der Waals surface area (Å²) in [6.45, 7) is 0. The van der Waals surface area contributed by atoms with Gasteiger partial charge in [-0.3, -0.25) is 19.4 Å². The van der Waals surface area contributed by atoms with Crippen LogP contribution in [0.25, 0.3) is 22.3 Å². The van der Waals surface area contributed by atoms with Crippen molar-refractivity contribution >= 4 is 22.8 Å². The summed E-state index contributed by atoms with van der Waals surface area (Å²) in [6.07, 6.45) is 4.90. The average molecular weight is 330 g/mol. The van der Waals surface area contributed by atoms with Crippen molar-refractivity contribution in [3.63, 3.8) is 0 Å². The molecule has 7 nitrogen and oxygen atoms in total. The first kappa shape index (κ1) is 14.9. The van der Waals surface area contributed by atoms with Crippen molar-refractivity contribution in [3.8, 4) is 11.3 Å². The highest BCUT2D eigenvalue weighted by Gasteiger charge is 2.13. The fourth-order valence-corrected chi connectivity index (χ4v) is 2.49. The van der Waals surface area contributed by atoms with Gasteiger partial charge in [-0.2, -0.15) is 5.10 Å². The monoisotopic (exact) mass is 330 g/mol. The summed E-state index contributed by atoms with van der Waals surface area (Å²) in [5.74, 6) is 0.234. The van der Waals surface area contributed by atoms with E-state index in [9.17, 15) is 4.79 Å². The lowest BCUT2D eigenvalue weighted by molar-refractivity contribution is 0.102. The fraction of sp³-hybridized carbons (Fsp3) is 0.0556. The van der Waals surface area contributed by atoms with Gasteiger partial charge in [-0.15, -0.1) is 0 Å². The molecule has 4 aromatic rings. The number of benzene rings is 1. The lowest BCUT2D eigenvalue weighted by atomic mass is 10.2. The largest absolute Gasteiger partial charge is 0.305 e. The van der Waals surface area contributed by atoms with Crippen molar-refractivity contribution < 1.29 is 4.79 Å². The second kappa shape index (κ2) is 6.12. The number of aryl methyl sites for hydroxylation is 1. The molecule has 3 aromatic heterocycles. The number of hydrogen-bond donors (Lipinski definition) is 1. The summed E-state index contributed by atoms with van der Waals surface area (Å²) < 4.78 is 1.61. The number of anilines is 1. The first-order valence-corrected chi connectivity index (χ1v) is 7.68. The van der Waals surface area contributed by atoms with Gasteiger partial charge in [-0.25, -0.2) is 4.98 Å². The molecule has 0 aliphatic heterocycles. The van der Waals surface area contributed by atoms with E-state index in [2.05, 4.69) is 25.4 Å². The number of para-hydroxylation sites is 2. The van der Waals surface area contributed by atoms with Gasteiger partial charge >= 0.3 is 0 Å². The molecule has 0 spiro atoms. The van der Waals surface area contributed by atoms with Gasteiger partial charge in [0.2, 0.25) is 0 Å². The van der Waals surface area contributed by atoms with E-state index in [1.54, 1.807) is 30.2 Å². The number of pyridine rings is 1. The SMILES string of the molecule is Cn1nc(-c2cccnc2)cc1NC(=O)c1cnc2ccccc2n1. The van der Waals surface area contributed by atoms with Crippen molar-refractivity contribution in [2.75, 3.05) is 5.32 Å². The lowest BCUT2D eigenvalue weighted by Crippen LogP contribution is -2.16. The number of carbonyl (C=O) groups excluding carboxylic acids is 1. The molecule has 0 bridgehead atoms. The van der Waals surface area contributed by atoms with Crippen LogP contribution in [0.2, 0.25) is 0 Å². The van der Waals surface area contributed by atoms with E-state index in [1.807, 2.05) is 36.4 Å². The zero-order valence-corrected chi connectivity index (χ0v) is 13.4. The standard InChI is InChI=1S/C18H14N6O/c1-24-17(9-15(23-24)12-5-4-8-19-10-12)22-18(25)16-11-20-13-6-2-3-7-14(13)21-16/h2-11H,1H3,(H,22,25). The van der Waals surface area contributed by atoms with Crippen LogP contribution >= 0.6 is 0 Å². The molecule has 0 fully saturated rings. The van der Waals surface area contributed by atoms with Crippen molar-refractivity contribution in [1.82, 2.24) is 24.7 Å². The number of carbonyl (C=O) groups is 1. The minimum atomic E-state index is -0.334. The highest BCUT2D eigenvalue weighted by atomic mass is 16.2. The molecule has 122 valence electrons. The van der Waals surface area contributed by atoms with Gasteiger partial charge in [0.05, 0.1) is 22.9 Å². The summed E-state index contributed by atoms with van der Waals surface area (Å²) in [4.78, 5) is 25.2. The van der Waals surface area contributed by atoms with Gasteiger partial charge in [-0.05, 0) is 24.3 Å². The van der Waals surface area contributed by atoms with Gasteiger partial charge in [0.15, 0.2) is 0 Å². The van der Waals surface area contributed by atoms with Crippen LogP contribution < -0.4 is 5.32 Å². The Morgan fingerprint density at radius 2 is 1.92 bits per heavy atom. The molecule has 3 heterocycles. The molecule has 0 atom stereocenters. The molecule has 25 heavy (non-hydrogen) atoms. The van der Waals surface area contributed by atoms with E-state index < -0.39 is 0 Å². The van der Waals surface area contributed by atoms with Gasteiger partial charge in [0.25, 0.3) is 5.91 Å². The van der Waals surface area contributed by atoms with E-state index in [0.29, 0.717) is 11.3 Å². The Morgan fingerprint density at radius 1 is 1.08 bits per heavy atom. The Balaban J connectivity index is 1.61. The summed E-state index contributed by atoms with van der Waals surface area (Å²) >= 11 is 0. The number of aromatic nitrogens is 5. The zero-order valence-electron chi connectivity index (χ0n) is 13.4. The Kier molecular flexibility index (Phi) is 3.66. The van der Waals surface area contributed by atoms with Crippen LogP contribution in [-0.4, -0.2) is 30.6 Å². The van der Waals surface area contributed by atoms with E-state index in [4.69, 9.17) is 0 Å². The van der Waals surface area contributed by atoms with E-state index >= 15 is 0 Å². The van der Waals surface area contributed by atoms with Gasteiger partial charge in [0, 0.05) is 31.1 Å². The van der Waals surface area contributed by atoms with E-state index in [1.165, 1.54) is 6.20 Å². The van der Waals surface area contributed by atoms with Crippen LogP contribution in [0.5, 0.6) is 0 Å². The zero-order chi connectivity index (χ0) is 17.2. The molecule has 1 aromatic carbocycles. The second-order valence-electron chi connectivity index (χ2n) is 5.48. The predicted molar refractivity (Wildman–Crippen MR) is 93.9 cm³/mol. The summed E-state index contributed by atoms with van der Waals surface area (Å²) in [5, 5.41) is 7.22. The average Bonchev–Trinajstić information content (AvgIpc) is 3.02. The number of hydrogen-bond acceptors (Lipinski definition) is 5. The highest BCUT2D eigenvalue weighted by molar-refractivity contribution is 6.03. The van der Waals surface area contributed by atoms with Gasteiger partial charge < -0.3 is 5.32 Å². The maximum absolute atomic E-state index is 12.5. The first-order valence-electron chi connectivity index (χ1n) is 7.68. The van der Waals surface area contributed by atoms with Crippen LogP contribution in [0.15, 0.2) is 61.1 Å². The van der Waals surface area contributed by atoms with E-state index in [0.717, 1.165) is 16.8 Å². The molecule has 0 saturated carbocycles. The smallest absolute Gasteiger partial charge is 0.277 e. The first-order chi connectivity index (χ1) is 12.2. The Bertz CT molecular complexity index is 1060. The second-order valence-corrected chi connectivity index (χ2v) is 5.48. The molecule has 1 amide bonds. The van der Waals surface area contributed by atoms with Crippen molar-refractivity contribution in [1.29, 1.82) is 0 Å². The van der Waals surface area contributed by atoms with Crippen LogP contribution in [0.4, 0.5) is 5.82 Å². The quantitative estimate of drug-likeness (QED) is 0.624. The van der Waals surface area contributed by atoms with Crippen LogP contribution in [-0.2, 0) is 7.05 Å². The molecule has 0 aliphatic carbocycles. The Hall–Kier alpha value is -3.61. The minimum absolute atomic E-state index is 0.253. The molecule has 0 saturated heterocycles. The van der Waals surface area contributed by atoms with Gasteiger partial charge in [-0.1, -0.05) is 12.1 Å². The Morgan fingerprint density at radius 3 is 2.72 bits per heavy atom. The minimum Gasteiger partial charge on any atom is -0.305 e. The fourth-order valence-electron chi connectivity index (χ4n) is 2.49. The summed E-state index contributed by atoms with van der Waals surface area (Å²) in [6, 6.07) is 13.0. The molecule has 0 radical (unpaired) electrons. The number of nitrogens with zero attached hydrogens (tertiary/aromatic N) is 5. The topological polar surface area (TPSA) is 85.6 Å². The Labute approximate surface area is 143 Å². The molecular formula is C18H14N6O. The molecular weight excluding hydrogens is 316 g/mol. The number of nitrogens with one attached hydrogen (secondary N) is 1. The predicted octanol–water partition coefficient (Wildman–Crippen LogP) is 2.68. The maximum Gasteiger partial charge on any atom is 0.277 e. The van der Waals surface area contributed by atoms with Crippen molar-refractivity contribution in [2.24, 2.45) is 7.05 Å². The molecule has 0 unspecified atom stereocenters. The molecule has 1 N–H and O–H groups in total. The van der Waals surface area contributed by atoms with Crippen molar-refractivity contribution in [3.05, 3.63) is 66.7 Å². The third-order valence-corrected chi connectivity index (χ3v) is 3.76. The number of fused-ring (bicyclic) bond motifs is 1. The van der Waals surface area contributed by atoms with Crippen molar-refractivity contribution in [2.45, 2.75) is 0 Å². The van der Waals surface area contributed by atoms with Gasteiger partial charge in [0.1, 0.15) is 11.5 Å². The summed E-state index contributed by atoms with van der Waals surface area (Å²) in [7, 11) is 1.77. The molecule has 0 aliphatic rings. The highest BCUT2D eigenvalue weighted by Crippen LogP contribution is 2.20. The molecule has 7 heteroatoms. The van der Waals surface area contributed by atoms with Crippen LogP contribution in [0.3, 0.4) is 0 Å². The third kappa shape index (κ3) is 2.94. The maximum atomic E-state index is 12.5. The summed E-state index contributed by atoms with van der Waals surface area (Å²) in [5.41, 5.74) is 3.29. The number of amides is 1. The number of rotatable bonds is 3. The normalized spacial score (nSPS) is 10.8. The molecule has 4 rings (SSSR count). The lowest BCUT2D eigenvalue weighted by Gasteiger charge is -2.05. The van der Waals surface area contributed by atoms with Crippen LogP contribution in [0, 0.1) is 0 Å². The van der Waals surface area contributed by atoms with Crippen LogP contribution in [0.1, 0.15) is 10.5 Å². The van der Waals surface area contributed by atoms with E-state index in [-0.39, 0.29) is 11.6 Å². The third-order valence-electron chi connectivity index (χ3n) is 3.76.